The summed E-state index contributed by atoms with van der Waals surface area (Å²) in [6.07, 6.45) is 1.32. The molecule has 2 aliphatic carbocycles. The number of hydrogen-bond donors (Lipinski definition) is 4. The largest absolute Gasteiger partial charge is 0.345 e. The van der Waals surface area contributed by atoms with Gasteiger partial charge < -0.3 is 20.6 Å². The van der Waals surface area contributed by atoms with Crippen molar-refractivity contribution in [1.82, 2.24) is 30.6 Å². The smallest absolute Gasteiger partial charge is 0.248 e. The van der Waals surface area contributed by atoms with Gasteiger partial charge >= 0.3 is 0 Å². The molecule has 0 radical (unpaired) electrons. The normalized spacial score (nSPS) is 19.1. The van der Waals surface area contributed by atoms with Crippen LogP contribution in [0.5, 0.6) is 0 Å². The SMILES string of the molecule is CC(C)(C)[C@H](NC(=O)C1CCC(F)(F)CC1)c1ncc(-c2ccc(C#Cc3ccc4nc([C@@H](NC(=O)C5CCC(F)(F)CC5)C(C)(C)C)[nH]c4c3)cc2)[nH]1. The van der Waals surface area contributed by atoms with Crippen molar-refractivity contribution in [2.45, 2.75) is 117 Å². The third-order valence-corrected chi connectivity index (χ3v) is 10.7. The highest BCUT2D eigenvalue weighted by Crippen LogP contribution is 2.40. The Bertz CT molecular complexity index is 2020. The van der Waals surface area contributed by atoms with Crippen LogP contribution in [0.25, 0.3) is 22.3 Å². The maximum atomic E-state index is 13.7. The van der Waals surface area contributed by atoms with Crippen LogP contribution in [0.2, 0.25) is 0 Å². The van der Waals surface area contributed by atoms with E-state index in [-0.39, 0.29) is 68.6 Å². The highest BCUT2D eigenvalue weighted by molar-refractivity contribution is 5.81. The summed E-state index contributed by atoms with van der Waals surface area (Å²) in [5.41, 5.74) is 3.97. The van der Waals surface area contributed by atoms with Crippen LogP contribution < -0.4 is 10.6 Å². The second kappa shape index (κ2) is 14.9. The molecule has 54 heavy (non-hydrogen) atoms. The molecule has 12 heteroatoms. The van der Waals surface area contributed by atoms with Gasteiger partial charge in [-0.25, -0.2) is 27.5 Å². The van der Waals surface area contributed by atoms with Crippen molar-refractivity contribution >= 4 is 22.8 Å². The lowest BCUT2D eigenvalue weighted by atomic mass is 9.83. The van der Waals surface area contributed by atoms with E-state index in [0.29, 0.717) is 11.6 Å². The Morgan fingerprint density at radius 1 is 0.722 bits per heavy atom. The molecule has 6 rings (SSSR count). The van der Waals surface area contributed by atoms with Crippen LogP contribution in [0.3, 0.4) is 0 Å². The average Bonchev–Trinajstić information content (AvgIpc) is 3.75. The Morgan fingerprint density at radius 3 is 1.72 bits per heavy atom. The number of aromatic amines is 2. The Balaban J connectivity index is 1.12. The van der Waals surface area contributed by atoms with Gasteiger partial charge in [0.15, 0.2) is 0 Å². The lowest BCUT2D eigenvalue weighted by Crippen LogP contribution is -2.42. The van der Waals surface area contributed by atoms with Gasteiger partial charge in [-0.05, 0) is 72.4 Å². The zero-order valence-corrected chi connectivity index (χ0v) is 31.8. The van der Waals surface area contributed by atoms with E-state index in [1.54, 1.807) is 6.20 Å². The summed E-state index contributed by atoms with van der Waals surface area (Å²) in [5, 5.41) is 6.18. The fourth-order valence-corrected chi connectivity index (χ4v) is 7.27. The Hall–Kier alpha value is -4.66. The molecule has 2 aliphatic rings. The number of imidazole rings is 2. The average molecular weight is 747 g/mol. The zero-order chi connectivity index (χ0) is 39.1. The standard InChI is InChI=1S/C42H50F4N6O2/c1-39(2,3)33(51-37(53)28-15-19-41(43,44)20-16-28)35-47-24-32(50-35)27-12-9-25(10-13-27)7-8-26-11-14-30-31(23-26)49-36(48-30)34(40(4,5)6)52-38(54)29-17-21-42(45,46)22-18-29/h9-14,23-24,28-29,33-34H,15-22H2,1-6H3,(H,47,50)(H,48,49)(H,51,53)(H,52,54)/t33-,34-/m1/s1. The van der Waals surface area contributed by atoms with Crippen LogP contribution in [0.15, 0.2) is 48.7 Å². The van der Waals surface area contributed by atoms with Gasteiger partial charge in [0.1, 0.15) is 11.6 Å². The molecule has 4 aromatic rings. The van der Waals surface area contributed by atoms with Gasteiger partial charge in [-0.2, -0.15) is 0 Å². The minimum atomic E-state index is -2.70. The summed E-state index contributed by atoms with van der Waals surface area (Å²) >= 11 is 0. The first-order chi connectivity index (χ1) is 25.3. The van der Waals surface area contributed by atoms with E-state index in [1.807, 2.05) is 84.0 Å². The molecular formula is C42H50F4N6O2. The molecule has 4 N–H and O–H groups in total. The summed E-state index contributed by atoms with van der Waals surface area (Å²) < 4.78 is 54.7. The Morgan fingerprint density at radius 2 is 1.20 bits per heavy atom. The van der Waals surface area contributed by atoms with Crippen LogP contribution in [-0.4, -0.2) is 43.6 Å². The third kappa shape index (κ3) is 9.34. The number of aromatic nitrogens is 4. The number of hydrogen-bond acceptors (Lipinski definition) is 4. The molecule has 2 saturated carbocycles. The molecule has 0 aliphatic heterocycles. The number of carbonyl (C=O) groups excluding carboxylic acids is 2. The van der Waals surface area contributed by atoms with Crippen molar-refractivity contribution in [3.05, 3.63) is 71.4 Å². The number of amides is 2. The lowest BCUT2D eigenvalue weighted by molar-refractivity contribution is -0.131. The van der Waals surface area contributed by atoms with Gasteiger partial charge in [-0.3, -0.25) is 9.59 Å². The number of carbonyl (C=O) groups is 2. The predicted molar refractivity (Wildman–Crippen MR) is 201 cm³/mol. The van der Waals surface area contributed by atoms with Gasteiger partial charge in [-0.15, -0.1) is 0 Å². The van der Waals surface area contributed by atoms with E-state index in [1.165, 1.54) is 0 Å². The number of nitrogens with zero attached hydrogens (tertiary/aromatic N) is 2. The minimum Gasteiger partial charge on any atom is -0.345 e. The third-order valence-electron chi connectivity index (χ3n) is 10.7. The van der Waals surface area contributed by atoms with Crippen LogP contribution >= 0.6 is 0 Å². The molecule has 2 fully saturated rings. The molecule has 2 atom stereocenters. The molecule has 2 amide bonds. The highest BCUT2D eigenvalue weighted by Gasteiger charge is 2.41. The van der Waals surface area contributed by atoms with Crippen molar-refractivity contribution in [3.8, 4) is 23.1 Å². The van der Waals surface area contributed by atoms with Crippen molar-refractivity contribution in [1.29, 1.82) is 0 Å². The van der Waals surface area contributed by atoms with Crippen LogP contribution in [0.4, 0.5) is 17.6 Å². The topological polar surface area (TPSA) is 116 Å². The number of alkyl halides is 4. The lowest BCUT2D eigenvalue weighted by Gasteiger charge is -2.33. The number of rotatable bonds is 7. The van der Waals surface area contributed by atoms with E-state index in [0.717, 1.165) is 33.4 Å². The molecule has 2 aromatic heterocycles. The zero-order valence-electron chi connectivity index (χ0n) is 31.8. The van der Waals surface area contributed by atoms with Gasteiger partial charge in [0.25, 0.3) is 0 Å². The molecule has 288 valence electrons. The van der Waals surface area contributed by atoms with Crippen LogP contribution in [-0.2, 0) is 9.59 Å². The summed E-state index contributed by atoms with van der Waals surface area (Å²) in [6.45, 7) is 12.0. The molecule has 8 nitrogen and oxygen atoms in total. The van der Waals surface area contributed by atoms with Crippen molar-refractivity contribution < 1.29 is 27.2 Å². The maximum absolute atomic E-state index is 13.7. The first kappa shape index (κ1) is 39.0. The number of H-pyrrole nitrogens is 2. The highest BCUT2D eigenvalue weighted by atomic mass is 19.3. The van der Waals surface area contributed by atoms with Gasteiger partial charge in [-0.1, -0.05) is 65.5 Å². The summed E-state index contributed by atoms with van der Waals surface area (Å²) in [5.74, 6) is 0.917. The molecule has 2 heterocycles. The number of fused-ring (bicyclic) bond motifs is 1. The van der Waals surface area contributed by atoms with E-state index < -0.39 is 41.2 Å². The Labute approximate surface area is 314 Å². The van der Waals surface area contributed by atoms with Crippen molar-refractivity contribution in [2.75, 3.05) is 0 Å². The van der Waals surface area contributed by atoms with Gasteiger partial charge in [0.05, 0.1) is 35.0 Å². The molecule has 0 unspecified atom stereocenters. The van der Waals surface area contributed by atoms with E-state index in [4.69, 9.17) is 4.98 Å². The molecule has 0 spiro atoms. The van der Waals surface area contributed by atoms with Gasteiger partial charge in [0.2, 0.25) is 23.7 Å². The van der Waals surface area contributed by atoms with Crippen LogP contribution in [0, 0.1) is 34.5 Å². The second-order valence-corrected chi connectivity index (χ2v) is 17.2. The summed E-state index contributed by atoms with van der Waals surface area (Å²) in [7, 11) is 0. The van der Waals surface area contributed by atoms with E-state index in [9.17, 15) is 27.2 Å². The van der Waals surface area contributed by atoms with E-state index >= 15 is 0 Å². The Kier molecular flexibility index (Phi) is 10.8. The number of benzene rings is 2. The molecule has 2 aromatic carbocycles. The van der Waals surface area contributed by atoms with Crippen molar-refractivity contribution in [2.24, 2.45) is 22.7 Å². The quantitative estimate of drug-likeness (QED) is 0.111. The maximum Gasteiger partial charge on any atom is 0.248 e. The van der Waals surface area contributed by atoms with Crippen molar-refractivity contribution in [3.63, 3.8) is 0 Å². The molecule has 0 bridgehead atoms. The summed E-state index contributed by atoms with van der Waals surface area (Å²) in [4.78, 5) is 42.3. The van der Waals surface area contributed by atoms with E-state index in [2.05, 4.69) is 37.4 Å². The first-order valence-electron chi connectivity index (χ1n) is 18.8. The second-order valence-electron chi connectivity index (χ2n) is 17.2. The monoisotopic (exact) mass is 746 g/mol. The first-order valence-corrected chi connectivity index (χ1v) is 18.8. The number of nitrogens with one attached hydrogen (secondary N) is 4. The predicted octanol–water partition coefficient (Wildman–Crippen LogP) is 9.41. The van der Waals surface area contributed by atoms with Gasteiger partial charge in [0, 0.05) is 48.6 Å². The van der Waals surface area contributed by atoms with Crippen LogP contribution in [0.1, 0.15) is 128 Å². The minimum absolute atomic E-state index is 0.167. The summed E-state index contributed by atoms with van der Waals surface area (Å²) in [6, 6.07) is 12.5. The fourth-order valence-electron chi connectivity index (χ4n) is 7.27. The number of halogens is 4. The molecule has 0 saturated heterocycles. The fraction of sp³-hybridized carbons (Fsp3) is 0.524. The molecular weight excluding hydrogens is 696 g/mol.